The lowest BCUT2D eigenvalue weighted by molar-refractivity contribution is -0.138. The van der Waals surface area contributed by atoms with Crippen LogP contribution in [0.5, 0.6) is 23.0 Å². The summed E-state index contributed by atoms with van der Waals surface area (Å²) in [5.74, 6) is 2.07. The predicted molar refractivity (Wildman–Crippen MR) is 152 cm³/mol. The van der Waals surface area contributed by atoms with Gasteiger partial charge in [0.15, 0.2) is 11.5 Å². The molecule has 0 radical (unpaired) electrons. The molecule has 39 heavy (non-hydrogen) atoms. The summed E-state index contributed by atoms with van der Waals surface area (Å²) in [5, 5.41) is 36.3. The molecule has 1 saturated carbocycles. The van der Waals surface area contributed by atoms with Crippen molar-refractivity contribution in [2.75, 3.05) is 7.11 Å². The molecule has 0 saturated heterocycles. The van der Waals surface area contributed by atoms with Gasteiger partial charge in [-0.2, -0.15) is 0 Å². The van der Waals surface area contributed by atoms with Crippen molar-refractivity contribution in [1.29, 1.82) is 0 Å². The third-order valence-electron chi connectivity index (χ3n) is 8.67. The molecule has 1 aliphatic carbocycles. The molecule has 3 aromatic rings. The quantitative estimate of drug-likeness (QED) is 0.321. The van der Waals surface area contributed by atoms with E-state index in [2.05, 4.69) is 25.9 Å². The Balaban J connectivity index is 1.42. The Hall–Kier alpha value is -3.71. The van der Waals surface area contributed by atoms with Crippen molar-refractivity contribution in [3.05, 3.63) is 63.5 Å². The molecule has 3 atom stereocenters. The minimum atomic E-state index is -0.430. The van der Waals surface area contributed by atoms with E-state index in [1.54, 1.807) is 25.3 Å². The van der Waals surface area contributed by atoms with Crippen molar-refractivity contribution in [3.63, 3.8) is 0 Å². The monoisotopic (exact) mass is 531 g/mol. The highest BCUT2D eigenvalue weighted by Gasteiger charge is 2.54. The highest BCUT2D eigenvalue weighted by atomic mass is 16.5. The topological polar surface area (TPSA) is 105 Å². The Morgan fingerprint density at radius 3 is 2.28 bits per heavy atom. The maximum atomic E-state index is 10.9. The molecule has 1 aromatic heterocycles. The van der Waals surface area contributed by atoms with E-state index in [0.29, 0.717) is 35.7 Å². The highest BCUT2D eigenvalue weighted by Crippen LogP contribution is 2.54. The molecule has 5 rings (SSSR count). The van der Waals surface area contributed by atoms with Crippen LogP contribution in [0.1, 0.15) is 72.9 Å². The summed E-state index contributed by atoms with van der Waals surface area (Å²) in [6.07, 6.45) is 9.15. The molecule has 7 nitrogen and oxygen atoms in total. The number of aromatic nitrogens is 1. The molecule has 0 amide bonds. The normalized spacial score (nSPS) is 24.0. The van der Waals surface area contributed by atoms with Crippen LogP contribution >= 0.6 is 0 Å². The van der Waals surface area contributed by atoms with E-state index >= 15 is 0 Å². The molecular formula is C32H37NO6. The first kappa shape index (κ1) is 26.9. The third-order valence-corrected chi connectivity index (χ3v) is 8.67. The van der Waals surface area contributed by atoms with E-state index < -0.39 is 5.60 Å². The fourth-order valence-electron chi connectivity index (χ4n) is 6.26. The van der Waals surface area contributed by atoms with Gasteiger partial charge < -0.3 is 29.3 Å². The molecule has 0 bridgehead atoms. The summed E-state index contributed by atoms with van der Waals surface area (Å²) >= 11 is 0. The average molecular weight is 532 g/mol. The first-order valence-corrected chi connectivity index (χ1v) is 13.4. The van der Waals surface area contributed by atoms with Crippen LogP contribution in [0.2, 0.25) is 0 Å². The number of methoxy groups -OCH3 is 1. The fraction of sp³-hybridized carbons (Fsp3) is 0.406. The summed E-state index contributed by atoms with van der Waals surface area (Å²) in [4.78, 5) is 0. The van der Waals surface area contributed by atoms with Gasteiger partial charge in [-0.15, -0.1) is 0 Å². The Morgan fingerprint density at radius 2 is 1.62 bits per heavy atom. The van der Waals surface area contributed by atoms with E-state index in [1.807, 2.05) is 44.2 Å². The second kappa shape index (κ2) is 9.79. The summed E-state index contributed by atoms with van der Waals surface area (Å²) in [7, 11) is 1.56. The van der Waals surface area contributed by atoms with Gasteiger partial charge in [0.2, 0.25) is 0 Å². The Bertz CT molecular complexity index is 1450. The molecule has 2 heterocycles. The van der Waals surface area contributed by atoms with Crippen molar-refractivity contribution in [2.24, 2.45) is 11.3 Å². The summed E-state index contributed by atoms with van der Waals surface area (Å²) in [6, 6.07) is 7.24. The van der Waals surface area contributed by atoms with Gasteiger partial charge in [0, 0.05) is 11.5 Å². The number of phenolic OH excluding ortho intramolecular Hbond substituents is 2. The molecule has 7 heteroatoms. The second-order valence-electron chi connectivity index (χ2n) is 11.6. The van der Waals surface area contributed by atoms with Gasteiger partial charge in [-0.05, 0) is 98.6 Å². The molecule has 1 fully saturated rings. The van der Waals surface area contributed by atoms with Crippen LogP contribution in [0.15, 0.2) is 28.8 Å². The number of aromatic hydroxyl groups is 2. The van der Waals surface area contributed by atoms with Gasteiger partial charge in [-0.1, -0.05) is 31.2 Å². The van der Waals surface area contributed by atoms with Crippen molar-refractivity contribution in [2.45, 2.75) is 65.6 Å². The molecule has 1 aliphatic heterocycles. The van der Waals surface area contributed by atoms with Gasteiger partial charge in [0.1, 0.15) is 22.9 Å². The van der Waals surface area contributed by atoms with Crippen molar-refractivity contribution < 1.29 is 29.3 Å². The number of phenols is 2. The number of fused-ring (bicyclic) bond motifs is 2. The van der Waals surface area contributed by atoms with Crippen molar-refractivity contribution in [3.8, 4) is 23.0 Å². The van der Waals surface area contributed by atoms with E-state index in [0.717, 1.165) is 34.4 Å². The second-order valence-corrected chi connectivity index (χ2v) is 11.6. The van der Waals surface area contributed by atoms with Crippen molar-refractivity contribution in [1.82, 2.24) is 5.16 Å². The molecule has 2 aromatic carbocycles. The number of hydrogen-bond acceptors (Lipinski definition) is 7. The zero-order chi connectivity index (χ0) is 28.1. The molecule has 3 N–H and O–H groups in total. The third kappa shape index (κ3) is 4.80. The first-order chi connectivity index (χ1) is 18.4. The predicted octanol–water partition coefficient (Wildman–Crippen LogP) is 6.54. The number of aliphatic hydroxyl groups excluding tert-OH is 1. The number of aliphatic hydroxyl groups is 1. The molecule has 2 aliphatic rings. The van der Waals surface area contributed by atoms with Crippen LogP contribution in [-0.2, 0) is 6.42 Å². The van der Waals surface area contributed by atoms with E-state index in [9.17, 15) is 15.3 Å². The lowest BCUT2D eigenvalue weighted by atomic mass is 9.57. The minimum Gasteiger partial charge on any atom is -0.507 e. The van der Waals surface area contributed by atoms with Gasteiger partial charge in [0.25, 0.3) is 0 Å². The van der Waals surface area contributed by atoms with Gasteiger partial charge in [0.05, 0.1) is 24.5 Å². The van der Waals surface area contributed by atoms with Crippen LogP contribution in [-0.4, -0.2) is 39.3 Å². The summed E-state index contributed by atoms with van der Waals surface area (Å²) in [5.41, 5.74) is 3.95. The first-order valence-electron chi connectivity index (χ1n) is 13.4. The molecular weight excluding hydrogens is 494 g/mol. The van der Waals surface area contributed by atoms with E-state index in [4.69, 9.17) is 14.0 Å². The standard InChI is InChI=1S/C32H37NO6/c1-18-23(19(2)39-33-18)9-10-24-25(34)14-21(16-27(24)37-6)8-7-20-13-22-17-28-31(3,4)29(36)11-12-32(28,5)38-30(22)26(35)15-20/h7-10,13-16,28-29,34-36H,11-12,17H2,1-6H3/b8-7+,10-9+/t28-,29-,32-/m1/s1. The van der Waals surface area contributed by atoms with Gasteiger partial charge in [-0.3, -0.25) is 0 Å². The number of nitrogens with zero attached hydrogens (tertiary/aromatic N) is 1. The maximum Gasteiger partial charge on any atom is 0.164 e. The number of benzene rings is 2. The number of hydrogen-bond donors (Lipinski definition) is 3. The summed E-state index contributed by atoms with van der Waals surface area (Å²) < 4.78 is 17.2. The fourth-order valence-corrected chi connectivity index (χ4v) is 6.26. The number of rotatable bonds is 5. The Kier molecular flexibility index (Phi) is 6.75. The molecule has 0 unspecified atom stereocenters. The summed E-state index contributed by atoms with van der Waals surface area (Å²) in [6.45, 7) is 10.0. The minimum absolute atomic E-state index is 0.0797. The highest BCUT2D eigenvalue weighted by molar-refractivity contribution is 5.80. The zero-order valence-corrected chi connectivity index (χ0v) is 23.4. The number of ether oxygens (including phenoxy) is 2. The van der Waals surface area contributed by atoms with E-state index in [-0.39, 0.29) is 28.9 Å². The zero-order valence-electron chi connectivity index (χ0n) is 23.4. The van der Waals surface area contributed by atoms with Crippen LogP contribution in [0.25, 0.3) is 24.3 Å². The smallest absolute Gasteiger partial charge is 0.164 e. The largest absolute Gasteiger partial charge is 0.507 e. The average Bonchev–Trinajstić information content (AvgIpc) is 3.21. The molecule has 0 spiro atoms. The van der Waals surface area contributed by atoms with Crippen LogP contribution in [0.3, 0.4) is 0 Å². The Morgan fingerprint density at radius 1 is 0.949 bits per heavy atom. The van der Waals surface area contributed by atoms with Crippen LogP contribution in [0.4, 0.5) is 0 Å². The Labute approximate surface area is 229 Å². The van der Waals surface area contributed by atoms with Crippen LogP contribution < -0.4 is 9.47 Å². The lowest BCUT2D eigenvalue weighted by Crippen LogP contribution is -2.58. The van der Waals surface area contributed by atoms with Gasteiger partial charge >= 0.3 is 0 Å². The lowest BCUT2D eigenvalue weighted by Gasteiger charge is -2.55. The SMILES string of the molecule is COc1cc(/C=C/c2cc(O)c3c(c2)C[C@@H]2C(C)(C)[C@H](O)CC[C@@]2(C)O3)cc(O)c1/C=C/c1c(C)noc1C. The number of aryl methyl sites for hydroxylation is 2. The van der Waals surface area contributed by atoms with Crippen molar-refractivity contribution >= 4 is 24.3 Å². The maximum absolute atomic E-state index is 10.9. The molecule has 206 valence electrons. The van der Waals surface area contributed by atoms with Gasteiger partial charge in [-0.25, -0.2) is 0 Å². The van der Waals surface area contributed by atoms with E-state index in [1.165, 1.54) is 0 Å². The van der Waals surface area contributed by atoms with Crippen LogP contribution in [0, 0.1) is 25.2 Å².